The molecule has 0 aliphatic rings. The molecule has 3 aromatic heterocycles. The summed E-state index contributed by atoms with van der Waals surface area (Å²) in [5.41, 5.74) is 2.78. The second-order valence-electron chi connectivity index (χ2n) is 6.30. The maximum absolute atomic E-state index is 13.2. The summed E-state index contributed by atoms with van der Waals surface area (Å²) in [4.78, 5) is 12.6. The topological polar surface area (TPSA) is 77.1 Å². The number of carbonyl (C=O) groups is 1. The number of rotatable bonds is 6. The maximum Gasteiger partial charge on any atom is 0.254 e. The van der Waals surface area contributed by atoms with Gasteiger partial charge in [-0.15, -0.1) is 10.2 Å². The van der Waals surface area contributed by atoms with Gasteiger partial charge in [0.25, 0.3) is 5.91 Å². The first-order valence-corrected chi connectivity index (χ1v) is 9.07. The average Bonchev–Trinajstić information content (AvgIpc) is 3.33. The standard InChI is InChI=1S/C20H19FN6O/c1-2-17-16(13-23-27(17)15-8-6-14(21)7-9-15)20(28)22-11-10-19-25-24-18-5-3-4-12-26(18)19/h3-9,12-13H,2,10-11H2,1H3,(H,22,28). The van der Waals surface area contributed by atoms with E-state index in [1.54, 1.807) is 23.0 Å². The van der Waals surface area contributed by atoms with Crippen LogP contribution in [-0.2, 0) is 12.8 Å². The van der Waals surface area contributed by atoms with Gasteiger partial charge in [-0.3, -0.25) is 9.20 Å². The zero-order valence-corrected chi connectivity index (χ0v) is 15.3. The second-order valence-corrected chi connectivity index (χ2v) is 6.30. The number of fused-ring (bicyclic) bond motifs is 1. The quantitative estimate of drug-likeness (QED) is 0.559. The van der Waals surface area contributed by atoms with Crippen molar-refractivity contribution in [2.45, 2.75) is 19.8 Å². The van der Waals surface area contributed by atoms with Crippen LogP contribution in [-0.4, -0.2) is 36.8 Å². The lowest BCUT2D eigenvalue weighted by atomic mass is 10.2. The Kier molecular flexibility index (Phi) is 4.84. The summed E-state index contributed by atoms with van der Waals surface area (Å²) in [6, 6.07) is 11.7. The fourth-order valence-electron chi connectivity index (χ4n) is 3.15. The minimum absolute atomic E-state index is 0.195. The Morgan fingerprint density at radius 2 is 1.96 bits per heavy atom. The highest BCUT2D eigenvalue weighted by molar-refractivity contribution is 5.95. The van der Waals surface area contributed by atoms with Crippen LogP contribution in [0.4, 0.5) is 4.39 Å². The maximum atomic E-state index is 13.2. The van der Waals surface area contributed by atoms with Crippen molar-refractivity contribution in [2.24, 2.45) is 0 Å². The van der Waals surface area contributed by atoms with Gasteiger partial charge in [-0.1, -0.05) is 13.0 Å². The molecule has 0 saturated heterocycles. The van der Waals surface area contributed by atoms with Crippen molar-refractivity contribution in [1.29, 1.82) is 0 Å². The SMILES string of the molecule is CCc1c(C(=O)NCCc2nnc3ccccn23)cnn1-c1ccc(F)cc1. The molecule has 1 aromatic carbocycles. The molecule has 0 bridgehead atoms. The normalized spacial score (nSPS) is 11.1. The van der Waals surface area contributed by atoms with Crippen LogP contribution in [0.15, 0.2) is 54.9 Å². The summed E-state index contributed by atoms with van der Waals surface area (Å²) in [7, 11) is 0. The summed E-state index contributed by atoms with van der Waals surface area (Å²) < 4.78 is 16.7. The van der Waals surface area contributed by atoms with Gasteiger partial charge in [-0.05, 0) is 42.8 Å². The van der Waals surface area contributed by atoms with E-state index in [0.29, 0.717) is 30.6 Å². The fourth-order valence-corrected chi connectivity index (χ4v) is 3.15. The minimum atomic E-state index is -0.312. The molecule has 4 aromatic rings. The molecule has 8 heteroatoms. The molecule has 1 N–H and O–H groups in total. The number of hydrogen-bond donors (Lipinski definition) is 1. The first-order chi connectivity index (χ1) is 13.7. The van der Waals surface area contributed by atoms with Gasteiger partial charge < -0.3 is 5.32 Å². The highest BCUT2D eigenvalue weighted by atomic mass is 19.1. The van der Waals surface area contributed by atoms with Crippen LogP contribution in [0.25, 0.3) is 11.3 Å². The van der Waals surface area contributed by atoms with Crippen molar-refractivity contribution in [3.8, 4) is 5.69 Å². The van der Waals surface area contributed by atoms with Crippen LogP contribution >= 0.6 is 0 Å². The molecule has 3 heterocycles. The molecule has 0 radical (unpaired) electrons. The van der Waals surface area contributed by atoms with Crippen molar-refractivity contribution in [3.63, 3.8) is 0 Å². The molecule has 0 fully saturated rings. The molecule has 0 unspecified atom stereocenters. The molecule has 28 heavy (non-hydrogen) atoms. The van der Waals surface area contributed by atoms with Crippen molar-refractivity contribution in [1.82, 2.24) is 29.7 Å². The molecule has 0 atom stereocenters. The minimum Gasteiger partial charge on any atom is -0.351 e. The number of amides is 1. The van der Waals surface area contributed by atoms with Gasteiger partial charge >= 0.3 is 0 Å². The van der Waals surface area contributed by atoms with Gasteiger partial charge in [0.15, 0.2) is 5.65 Å². The van der Waals surface area contributed by atoms with E-state index >= 15 is 0 Å². The van der Waals surface area contributed by atoms with Gasteiger partial charge in [0.1, 0.15) is 11.6 Å². The van der Waals surface area contributed by atoms with Gasteiger partial charge in [-0.2, -0.15) is 5.10 Å². The summed E-state index contributed by atoms with van der Waals surface area (Å²) >= 11 is 0. The summed E-state index contributed by atoms with van der Waals surface area (Å²) in [6.45, 7) is 2.38. The van der Waals surface area contributed by atoms with Crippen LogP contribution in [0.2, 0.25) is 0 Å². The number of nitrogens with one attached hydrogen (secondary N) is 1. The Hall–Kier alpha value is -3.55. The monoisotopic (exact) mass is 378 g/mol. The Balaban J connectivity index is 1.47. The van der Waals surface area contributed by atoms with Gasteiger partial charge in [0.05, 0.1) is 23.1 Å². The van der Waals surface area contributed by atoms with Gasteiger partial charge in [0, 0.05) is 19.2 Å². The largest absolute Gasteiger partial charge is 0.351 e. The number of pyridine rings is 1. The lowest BCUT2D eigenvalue weighted by Gasteiger charge is -2.08. The highest BCUT2D eigenvalue weighted by Crippen LogP contribution is 2.16. The number of halogens is 1. The smallest absolute Gasteiger partial charge is 0.254 e. The molecule has 4 rings (SSSR count). The third-order valence-corrected chi connectivity index (χ3v) is 4.54. The molecule has 7 nitrogen and oxygen atoms in total. The van der Waals surface area contributed by atoms with Crippen LogP contribution in [0.1, 0.15) is 28.8 Å². The molecule has 0 saturated carbocycles. The zero-order chi connectivity index (χ0) is 19.5. The van der Waals surface area contributed by atoms with E-state index < -0.39 is 0 Å². The Morgan fingerprint density at radius 3 is 2.75 bits per heavy atom. The van der Waals surface area contributed by atoms with Crippen LogP contribution in [0, 0.1) is 5.82 Å². The Labute approximate surface area is 160 Å². The van der Waals surface area contributed by atoms with Crippen molar-refractivity contribution in [2.75, 3.05) is 6.54 Å². The lowest BCUT2D eigenvalue weighted by molar-refractivity contribution is 0.0953. The third kappa shape index (κ3) is 3.36. The summed E-state index contributed by atoms with van der Waals surface area (Å²) in [5, 5.41) is 15.5. The number of nitrogens with zero attached hydrogens (tertiary/aromatic N) is 5. The second kappa shape index (κ2) is 7.59. The lowest BCUT2D eigenvalue weighted by Crippen LogP contribution is -2.27. The Bertz CT molecular complexity index is 1120. The molecule has 0 aliphatic heterocycles. The summed E-state index contributed by atoms with van der Waals surface area (Å²) in [6.07, 6.45) is 4.62. The number of carbonyl (C=O) groups excluding carboxylic acids is 1. The van der Waals surface area contributed by atoms with Gasteiger partial charge in [-0.25, -0.2) is 9.07 Å². The first kappa shape index (κ1) is 17.8. The molecular formula is C20H19FN6O. The fraction of sp³-hybridized carbons (Fsp3) is 0.200. The predicted octanol–water partition coefficient (Wildman–Crippen LogP) is 2.59. The number of aromatic nitrogens is 5. The molecule has 0 aliphatic carbocycles. The molecular weight excluding hydrogens is 359 g/mol. The highest BCUT2D eigenvalue weighted by Gasteiger charge is 2.17. The zero-order valence-electron chi connectivity index (χ0n) is 15.3. The third-order valence-electron chi connectivity index (χ3n) is 4.54. The number of hydrogen-bond acceptors (Lipinski definition) is 4. The van der Waals surface area contributed by atoms with E-state index in [-0.39, 0.29) is 11.7 Å². The van der Waals surface area contributed by atoms with E-state index in [2.05, 4.69) is 20.6 Å². The van der Waals surface area contributed by atoms with E-state index in [4.69, 9.17) is 0 Å². The first-order valence-electron chi connectivity index (χ1n) is 9.07. The molecule has 1 amide bonds. The van der Waals surface area contributed by atoms with E-state index in [1.807, 2.05) is 35.7 Å². The van der Waals surface area contributed by atoms with E-state index in [9.17, 15) is 9.18 Å². The van der Waals surface area contributed by atoms with Crippen LogP contribution in [0.3, 0.4) is 0 Å². The summed E-state index contributed by atoms with van der Waals surface area (Å²) in [5.74, 6) is 0.278. The van der Waals surface area contributed by atoms with E-state index in [0.717, 1.165) is 17.2 Å². The van der Waals surface area contributed by atoms with Crippen molar-refractivity contribution < 1.29 is 9.18 Å². The van der Waals surface area contributed by atoms with Crippen LogP contribution < -0.4 is 5.32 Å². The van der Waals surface area contributed by atoms with Gasteiger partial charge in [0.2, 0.25) is 0 Å². The molecule has 0 spiro atoms. The average molecular weight is 378 g/mol. The predicted molar refractivity (Wildman–Crippen MR) is 102 cm³/mol. The molecule has 142 valence electrons. The number of benzene rings is 1. The van der Waals surface area contributed by atoms with Crippen molar-refractivity contribution >= 4 is 11.6 Å². The Morgan fingerprint density at radius 1 is 1.14 bits per heavy atom. The van der Waals surface area contributed by atoms with E-state index in [1.165, 1.54) is 12.1 Å². The van der Waals surface area contributed by atoms with Crippen molar-refractivity contribution in [3.05, 3.63) is 77.8 Å². The van der Waals surface area contributed by atoms with Crippen LogP contribution in [0.5, 0.6) is 0 Å².